The molecule has 0 atom stereocenters. The van der Waals surface area contributed by atoms with E-state index in [1.807, 2.05) is 0 Å². The summed E-state index contributed by atoms with van der Waals surface area (Å²) in [6.07, 6.45) is 0. The number of aromatic nitrogens is 1. The molecule has 6 aromatic carbocycles. The first-order chi connectivity index (χ1) is 19.4. The molecule has 1 aliphatic carbocycles. The van der Waals surface area contributed by atoms with Crippen LogP contribution >= 0.6 is 0 Å². The molecule has 0 radical (unpaired) electrons. The second-order valence-corrected chi connectivity index (χ2v) is 10.5. The van der Waals surface area contributed by atoms with E-state index in [-0.39, 0.29) is 0 Å². The zero-order valence-electron chi connectivity index (χ0n) is 21.1. The number of ether oxygens (including phenoxy) is 1. The molecule has 0 fully saturated rings. The molecule has 182 valence electrons. The molecular weight excluding hydrogens is 474 g/mol. The monoisotopic (exact) mass is 497 g/mol. The standard InChI is InChI=1S/C37H23NO/c1-4-16-28-24(12-1)27-15-11-21-33(38-31-19-7-2-13-25(31)26-14-3-8-20-32(26)38)36(27)37(28)29-17-5-9-22-34(29)39-35-23-10-6-18-30(35)37/h1-23H. The predicted molar refractivity (Wildman–Crippen MR) is 158 cm³/mol. The van der Waals surface area contributed by atoms with Crippen LogP contribution in [0.1, 0.15) is 22.3 Å². The molecule has 0 unspecified atom stereocenters. The van der Waals surface area contributed by atoms with E-state index in [9.17, 15) is 0 Å². The highest BCUT2D eigenvalue weighted by Gasteiger charge is 2.52. The van der Waals surface area contributed by atoms with Gasteiger partial charge >= 0.3 is 0 Å². The minimum atomic E-state index is -0.513. The predicted octanol–water partition coefficient (Wildman–Crippen LogP) is 9.25. The lowest BCUT2D eigenvalue weighted by atomic mass is 9.65. The van der Waals surface area contributed by atoms with E-state index in [4.69, 9.17) is 4.74 Å². The van der Waals surface area contributed by atoms with Crippen molar-refractivity contribution >= 4 is 21.8 Å². The van der Waals surface area contributed by atoms with Crippen LogP contribution in [0.25, 0.3) is 38.6 Å². The van der Waals surface area contributed by atoms with E-state index in [2.05, 4.69) is 144 Å². The molecule has 0 amide bonds. The molecule has 0 saturated heterocycles. The Balaban J connectivity index is 1.52. The maximum absolute atomic E-state index is 6.56. The number of para-hydroxylation sites is 4. The van der Waals surface area contributed by atoms with Crippen LogP contribution in [0.3, 0.4) is 0 Å². The zero-order chi connectivity index (χ0) is 25.6. The first-order valence-electron chi connectivity index (χ1n) is 13.5. The van der Waals surface area contributed by atoms with Gasteiger partial charge in [0.15, 0.2) is 0 Å². The average Bonchev–Trinajstić information content (AvgIpc) is 3.49. The van der Waals surface area contributed by atoms with Crippen LogP contribution in [-0.4, -0.2) is 4.57 Å². The third-order valence-electron chi connectivity index (χ3n) is 8.66. The molecule has 7 aromatic rings. The first-order valence-corrected chi connectivity index (χ1v) is 13.5. The lowest BCUT2D eigenvalue weighted by molar-refractivity contribution is 0.436. The average molecular weight is 498 g/mol. The van der Waals surface area contributed by atoms with E-state index in [0.29, 0.717) is 0 Å². The molecule has 1 aliphatic heterocycles. The van der Waals surface area contributed by atoms with Crippen molar-refractivity contribution in [3.63, 3.8) is 0 Å². The maximum atomic E-state index is 6.56. The van der Waals surface area contributed by atoms with Crippen LogP contribution < -0.4 is 4.74 Å². The van der Waals surface area contributed by atoms with E-state index >= 15 is 0 Å². The maximum Gasteiger partial charge on any atom is 0.132 e. The van der Waals surface area contributed by atoms with Crippen molar-refractivity contribution in [1.29, 1.82) is 0 Å². The number of hydrogen-bond acceptors (Lipinski definition) is 1. The minimum absolute atomic E-state index is 0.513. The van der Waals surface area contributed by atoms with Crippen molar-refractivity contribution in [3.05, 3.63) is 162 Å². The molecule has 39 heavy (non-hydrogen) atoms. The lowest BCUT2D eigenvalue weighted by Crippen LogP contribution is -2.33. The van der Waals surface area contributed by atoms with Crippen molar-refractivity contribution in [1.82, 2.24) is 4.57 Å². The summed E-state index contributed by atoms with van der Waals surface area (Å²) in [5.41, 5.74) is 10.6. The first kappa shape index (κ1) is 20.9. The van der Waals surface area contributed by atoms with Gasteiger partial charge in [-0.15, -0.1) is 0 Å². The second kappa shape index (κ2) is 7.49. The molecule has 0 saturated carbocycles. The quantitative estimate of drug-likeness (QED) is 0.220. The van der Waals surface area contributed by atoms with Crippen molar-refractivity contribution in [2.45, 2.75) is 5.41 Å². The van der Waals surface area contributed by atoms with Gasteiger partial charge in [0.1, 0.15) is 11.5 Å². The molecule has 1 spiro atoms. The van der Waals surface area contributed by atoms with Gasteiger partial charge in [-0.05, 0) is 47.0 Å². The fraction of sp³-hybridized carbons (Fsp3) is 0.0270. The van der Waals surface area contributed by atoms with Crippen LogP contribution in [0.4, 0.5) is 0 Å². The minimum Gasteiger partial charge on any atom is -0.457 e. The highest BCUT2D eigenvalue weighted by molar-refractivity contribution is 6.09. The Morgan fingerprint density at radius 2 is 0.949 bits per heavy atom. The van der Waals surface area contributed by atoms with Gasteiger partial charge in [0.2, 0.25) is 0 Å². The summed E-state index contributed by atoms with van der Waals surface area (Å²) in [6.45, 7) is 0. The van der Waals surface area contributed by atoms with Crippen molar-refractivity contribution in [2.24, 2.45) is 0 Å². The van der Waals surface area contributed by atoms with Crippen LogP contribution in [0.2, 0.25) is 0 Å². The summed E-state index contributed by atoms with van der Waals surface area (Å²) in [5.74, 6) is 1.83. The Bertz CT molecular complexity index is 2020. The van der Waals surface area contributed by atoms with Crippen LogP contribution in [0.5, 0.6) is 11.5 Å². The van der Waals surface area contributed by atoms with Gasteiger partial charge in [0.25, 0.3) is 0 Å². The molecule has 2 heterocycles. The Morgan fingerprint density at radius 3 is 1.62 bits per heavy atom. The van der Waals surface area contributed by atoms with Gasteiger partial charge in [0, 0.05) is 27.5 Å². The third-order valence-corrected chi connectivity index (χ3v) is 8.66. The van der Waals surface area contributed by atoms with Crippen molar-refractivity contribution in [2.75, 3.05) is 0 Å². The molecular formula is C37H23NO. The molecule has 2 aliphatic rings. The number of rotatable bonds is 1. The Morgan fingerprint density at radius 1 is 0.436 bits per heavy atom. The van der Waals surface area contributed by atoms with Gasteiger partial charge in [0.05, 0.1) is 22.1 Å². The van der Waals surface area contributed by atoms with Gasteiger partial charge in [-0.3, -0.25) is 0 Å². The zero-order valence-corrected chi connectivity index (χ0v) is 21.1. The summed E-state index contributed by atoms with van der Waals surface area (Å²) < 4.78 is 9.03. The van der Waals surface area contributed by atoms with Gasteiger partial charge < -0.3 is 9.30 Å². The molecule has 0 bridgehead atoms. The summed E-state index contributed by atoms with van der Waals surface area (Å²) >= 11 is 0. The summed E-state index contributed by atoms with van der Waals surface area (Å²) in [6, 6.07) is 50.4. The van der Waals surface area contributed by atoms with E-state index in [1.165, 1.54) is 60.9 Å². The third kappa shape index (κ3) is 2.51. The van der Waals surface area contributed by atoms with Crippen LogP contribution in [0.15, 0.2) is 140 Å². The van der Waals surface area contributed by atoms with Crippen LogP contribution in [-0.2, 0) is 5.41 Å². The second-order valence-electron chi connectivity index (χ2n) is 10.5. The summed E-state index contributed by atoms with van der Waals surface area (Å²) in [5, 5.41) is 2.53. The van der Waals surface area contributed by atoms with E-state index in [0.717, 1.165) is 11.5 Å². The highest BCUT2D eigenvalue weighted by atomic mass is 16.5. The van der Waals surface area contributed by atoms with Gasteiger partial charge in [-0.25, -0.2) is 0 Å². The van der Waals surface area contributed by atoms with E-state index < -0.39 is 5.41 Å². The SMILES string of the molecule is c1ccc2c(c1)Oc1ccccc1C21c2ccccc2-c2cccc(-n3c4ccccc4c4ccccc43)c21. The highest BCUT2D eigenvalue weighted by Crippen LogP contribution is 2.63. The Hall–Kier alpha value is -5.08. The molecule has 0 N–H and O–H groups in total. The molecule has 9 rings (SSSR count). The molecule has 2 heteroatoms. The number of nitrogens with zero attached hydrogens (tertiary/aromatic N) is 1. The number of fused-ring (bicyclic) bond motifs is 12. The van der Waals surface area contributed by atoms with Crippen molar-refractivity contribution in [3.8, 4) is 28.3 Å². The molecule has 1 aromatic heterocycles. The largest absolute Gasteiger partial charge is 0.457 e. The smallest absolute Gasteiger partial charge is 0.132 e. The molecule has 2 nitrogen and oxygen atoms in total. The summed E-state index contributed by atoms with van der Waals surface area (Å²) in [4.78, 5) is 0. The topological polar surface area (TPSA) is 14.2 Å². The van der Waals surface area contributed by atoms with Crippen molar-refractivity contribution < 1.29 is 4.74 Å². The Kier molecular flexibility index (Phi) is 4.02. The lowest BCUT2D eigenvalue weighted by Gasteiger charge is -2.40. The normalized spacial score (nSPS) is 14.1. The summed E-state index contributed by atoms with van der Waals surface area (Å²) in [7, 11) is 0. The fourth-order valence-electron chi connectivity index (χ4n) is 7.26. The van der Waals surface area contributed by atoms with Gasteiger partial charge in [-0.2, -0.15) is 0 Å². The number of hydrogen-bond donors (Lipinski definition) is 0. The van der Waals surface area contributed by atoms with Gasteiger partial charge in [-0.1, -0.05) is 109 Å². The van der Waals surface area contributed by atoms with Crippen LogP contribution in [0, 0.1) is 0 Å². The fourth-order valence-corrected chi connectivity index (χ4v) is 7.26. The van der Waals surface area contributed by atoms with E-state index in [1.54, 1.807) is 0 Å². The Labute approximate surface area is 226 Å². The number of benzene rings is 6.